The van der Waals surface area contributed by atoms with Gasteiger partial charge in [-0.05, 0) is 12.1 Å². The highest BCUT2D eigenvalue weighted by Crippen LogP contribution is 2.21. The monoisotopic (exact) mass is 269 g/mol. The predicted molar refractivity (Wildman–Crippen MR) is 78.9 cm³/mol. The molecule has 5 heteroatoms. The molecule has 0 aliphatic carbocycles. The molecule has 0 amide bonds. The SMILES string of the molecule is C1=C(c2ccccc2)NN=C(/N=C/c2ccco2)S1. The maximum atomic E-state index is 5.17. The van der Waals surface area contributed by atoms with Crippen molar-refractivity contribution in [2.24, 2.45) is 10.1 Å². The standard InChI is InChI=1S/C14H11N3OS/c1-2-5-11(6-3-1)13-10-19-14(17-16-13)15-9-12-7-4-8-18-12/h1-10,16H/b15-9+. The average molecular weight is 269 g/mol. The van der Waals surface area contributed by atoms with E-state index in [-0.39, 0.29) is 0 Å². The molecule has 3 rings (SSSR count). The molecule has 1 aromatic carbocycles. The summed E-state index contributed by atoms with van der Waals surface area (Å²) >= 11 is 1.47. The molecular formula is C14H11N3OS. The van der Waals surface area contributed by atoms with E-state index >= 15 is 0 Å². The lowest BCUT2D eigenvalue weighted by atomic mass is 10.2. The molecule has 0 unspecified atom stereocenters. The Kier molecular flexibility index (Phi) is 3.47. The number of benzene rings is 1. The first-order chi connectivity index (χ1) is 9.42. The molecule has 0 saturated heterocycles. The molecular weight excluding hydrogens is 258 g/mol. The van der Waals surface area contributed by atoms with Crippen LogP contribution in [0, 0.1) is 0 Å². The second kappa shape index (κ2) is 5.58. The van der Waals surface area contributed by atoms with Crippen molar-refractivity contribution in [3.63, 3.8) is 0 Å². The van der Waals surface area contributed by atoms with Crippen molar-refractivity contribution in [3.8, 4) is 0 Å². The Balaban J connectivity index is 1.66. The summed E-state index contributed by atoms with van der Waals surface area (Å²) in [4.78, 5) is 4.24. The van der Waals surface area contributed by atoms with Crippen LogP contribution in [0.1, 0.15) is 11.3 Å². The Hall–Kier alpha value is -2.27. The van der Waals surface area contributed by atoms with Crippen LogP contribution in [0.4, 0.5) is 0 Å². The third-order valence-electron chi connectivity index (χ3n) is 2.48. The number of aliphatic imine (C=N–C) groups is 1. The second-order valence-electron chi connectivity index (χ2n) is 3.80. The van der Waals surface area contributed by atoms with E-state index < -0.39 is 0 Å². The fourth-order valence-corrected chi connectivity index (χ4v) is 2.19. The first-order valence-electron chi connectivity index (χ1n) is 5.75. The van der Waals surface area contributed by atoms with Gasteiger partial charge in [0.05, 0.1) is 18.2 Å². The van der Waals surface area contributed by atoms with Gasteiger partial charge in [-0.2, -0.15) is 0 Å². The van der Waals surface area contributed by atoms with Crippen molar-refractivity contribution in [1.82, 2.24) is 5.43 Å². The highest BCUT2D eigenvalue weighted by molar-refractivity contribution is 8.16. The van der Waals surface area contributed by atoms with Crippen LogP contribution in [-0.2, 0) is 0 Å². The van der Waals surface area contributed by atoms with Crippen molar-refractivity contribution in [3.05, 3.63) is 65.5 Å². The predicted octanol–water partition coefficient (Wildman–Crippen LogP) is 3.30. The first kappa shape index (κ1) is 11.8. The smallest absolute Gasteiger partial charge is 0.211 e. The lowest BCUT2D eigenvalue weighted by molar-refractivity contribution is 0.560. The number of nitrogens with one attached hydrogen (secondary N) is 1. The fraction of sp³-hybridized carbons (Fsp3) is 0. The van der Waals surface area contributed by atoms with Gasteiger partial charge in [-0.1, -0.05) is 42.1 Å². The third-order valence-corrected chi connectivity index (χ3v) is 3.25. The zero-order valence-electron chi connectivity index (χ0n) is 9.98. The number of hydrogen-bond donors (Lipinski definition) is 1. The summed E-state index contributed by atoms with van der Waals surface area (Å²) in [6.07, 6.45) is 3.26. The van der Waals surface area contributed by atoms with Crippen LogP contribution < -0.4 is 5.43 Å². The van der Waals surface area contributed by atoms with Crippen LogP contribution in [0.2, 0.25) is 0 Å². The van der Waals surface area contributed by atoms with E-state index in [1.54, 1.807) is 12.5 Å². The molecule has 0 radical (unpaired) electrons. The van der Waals surface area contributed by atoms with Gasteiger partial charge in [-0.25, -0.2) is 4.99 Å². The number of hydrogen-bond acceptors (Lipinski definition) is 5. The van der Waals surface area contributed by atoms with Crippen molar-refractivity contribution in [2.45, 2.75) is 0 Å². The molecule has 0 atom stereocenters. The molecule has 2 aromatic rings. The number of hydrazone groups is 1. The van der Waals surface area contributed by atoms with Gasteiger partial charge in [0.1, 0.15) is 5.76 Å². The number of amidine groups is 1. The lowest BCUT2D eigenvalue weighted by Crippen LogP contribution is -2.10. The molecule has 1 N–H and O–H groups in total. The maximum absolute atomic E-state index is 5.17. The van der Waals surface area contributed by atoms with Gasteiger partial charge in [0, 0.05) is 11.0 Å². The summed E-state index contributed by atoms with van der Waals surface area (Å²) in [6.45, 7) is 0. The summed E-state index contributed by atoms with van der Waals surface area (Å²) in [7, 11) is 0. The minimum absolute atomic E-state index is 0.649. The molecule has 0 bridgehead atoms. The Morgan fingerprint density at radius 2 is 2.05 bits per heavy atom. The van der Waals surface area contributed by atoms with Crippen LogP contribution >= 0.6 is 11.8 Å². The van der Waals surface area contributed by atoms with Crippen molar-refractivity contribution >= 4 is 28.8 Å². The maximum Gasteiger partial charge on any atom is 0.211 e. The molecule has 0 saturated carbocycles. The third kappa shape index (κ3) is 2.95. The quantitative estimate of drug-likeness (QED) is 0.851. The van der Waals surface area contributed by atoms with Gasteiger partial charge >= 0.3 is 0 Å². The molecule has 19 heavy (non-hydrogen) atoms. The Bertz CT molecular complexity index is 630. The van der Waals surface area contributed by atoms with E-state index in [2.05, 4.69) is 15.5 Å². The van der Waals surface area contributed by atoms with E-state index in [0.29, 0.717) is 10.9 Å². The van der Waals surface area contributed by atoms with E-state index in [4.69, 9.17) is 4.42 Å². The van der Waals surface area contributed by atoms with E-state index in [1.807, 2.05) is 47.9 Å². The van der Waals surface area contributed by atoms with Gasteiger partial charge in [0.2, 0.25) is 5.17 Å². The Morgan fingerprint density at radius 3 is 2.74 bits per heavy atom. The van der Waals surface area contributed by atoms with Crippen LogP contribution in [0.3, 0.4) is 0 Å². The van der Waals surface area contributed by atoms with Crippen molar-refractivity contribution in [2.75, 3.05) is 0 Å². The highest BCUT2D eigenvalue weighted by atomic mass is 32.2. The molecule has 4 nitrogen and oxygen atoms in total. The van der Waals surface area contributed by atoms with Gasteiger partial charge in [-0.15, -0.1) is 5.10 Å². The van der Waals surface area contributed by atoms with E-state index in [9.17, 15) is 0 Å². The first-order valence-corrected chi connectivity index (χ1v) is 6.63. The van der Waals surface area contributed by atoms with Gasteiger partial charge < -0.3 is 4.42 Å². The molecule has 1 aromatic heterocycles. The summed E-state index contributed by atoms with van der Waals surface area (Å²) in [5.74, 6) is 0.709. The van der Waals surface area contributed by atoms with E-state index in [1.165, 1.54) is 11.8 Å². The number of thioether (sulfide) groups is 1. The number of furan rings is 1. The normalized spacial score (nSPS) is 14.9. The highest BCUT2D eigenvalue weighted by Gasteiger charge is 2.07. The van der Waals surface area contributed by atoms with Crippen LogP contribution in [0.25, 0.3) is 5.70 Å². The van der Waals surface area contributed by atoms with Gasteiger partial charge in [0.15, 0.2) is 0 Å². The summed E-state index contributed by atoms with van der Waals surface area (Å²) < 4.78 is 5.17. The van der Waals surface area contributed by atoms with Gasteiger partial charge in [-0.3, -0.25) is 5.43 Å². The zero-order chi connectivity index (χ0) is 12.9. The van der Waals surface area contributed by atoms with Crippen LogP contribution in [-0.4, -0.2) is 11.4 Å². The van der Waals surface area contributed by atoms with Crippen LogP contribution in [0.5, 0.6) is 0 Å². The molecule has 94 valence electrons. The van der Waals surface area contributed by atoms with Gasteiger partial charge in [0.25, 0.3) is 0 Å². The van der Waals surface area contributed by atoms with Crippen molar-refractivity contribution in [1.29, 1.82) is 0 Å². The topological polar surface area (TPSA) is 49.9 Å². The summed E-state index contributed by atoms with van der Waals surface area (Å²) in [5, 5.41) is 6.85. The summed E-state index contributed by atoms with van der Waals surface area (Å²) in [6, 6.07) is 13.7. The Morgan fingerprint density at radius 1 is 1.16 bits per heavy atom. The van der Waals surface area contributed by atoms with Crippen LogP contribution in [0.15, 0.2) is 68.6 Å². The fourth-order valence-electron chi connectivity index (χ4n) is 1.57. The van der Waals surface area contributed by atoms with E-state index in [0.717, 1.165) is 11.3 Å². The number of nitrogens with zero attached hydrogens (tertiary/aromatic N) is 2. The minimum atomic E-state index is 0.649. The number of rotatable bonds is 2. The lowest BCUT2D eigenvalue weighted by Gasteiger charge is -2.11. The summed E-state index contributed by atoms with van der Waals surface area (Å²) in [5.41, 5.74) is 5.08. The van der Waals surface area contributed by atoms with Crippen molar-refractivity contribution < 1.29 is 4.42 Å². The molecule has 0 spiro atoms. The Labute approximate surface area is 114 Å². The molecule has 1 aliphatic rings. The minimum Gasteiger partial charge on any atom is -0.463 e. The molecule has 2 heterocycles. The molecule has 0 fully saturated rings. The second-order valence-corrected chi connectivity index (χ2v) is 4.63. The zero-order valence-corrected chi connectivity index (χ0v) is 10.8. The largest absolute Gasteiger partial charge is 0.463 e. The molecule has 1 aliphatic heterocycles. The average Bonchev–Trinajstić information content (AvgIpc) is 3.00.